The van der Waals surface area contributed by atoms with Gasteiger partial charge in [-0.1, -0.05) is 42.5 Å². The zero-order chi connectivity index (χ0) is 24.9. The number of pyridine rings is 1. The Labute approximate surface area is 209 Å². The first-order valence-electron chi connectivity index (χ1n) is 12.5. The molecule has 0 radical (unpaired) electrons. The normalized spacial score (nSPS) is 21.1. The molecule has 6 heteroatoms. The molecule has 2 aromatic carbocycles. The summed E-state index contributed by atoms with van der Waals surface area (Å²) < 4.78 is 0. The van der Waals surface area contributed by atoms with E-state index in [4.69, 9.17) is 15.3 Å². The summed E-state index contributed by atoms with van der Waals surface area (Å²) in [7, 11) is -1.46. The van der Waals surface area contributed by atoms with Crippen molar-refractivity contribution in [3.8, 4) is 17.2 Å². The predicted molar refractivity (Wildman–Crippen MR) is 141 cm³/mol. The molecule has 0 amide bonds. The molecular weight excluding hydrogens is 433 g/mol. The van der Waals surface area contributed by atoms with Crippen molar-refractivity contribution in [1.29, 1.82) is 5.26 Å². The molecule has 2 aliphatic rings. The Balaban J connectivity index is 0.000000221. The molecule has 2 fully saturated rings. The van der Waals surface area contributed by atoms with Gasteiger partial charge in [0.05, 0.1) is 11.6 Å². The fraction of sp³-hybridized carbons (Fsp3) is 0.379. The minimum Gasteiger partial charge on any atom is -0.423 e. The van der Waals surface area contributed by atoms with Crippen LogP contribution in [0.4, 0.5) is 0 Å². The highest BCUT2D eigenvalue weighted by Crippen LogP contribution is 2.48. The van der Waals surface area contributed by atoms with Gasteiger partial charge < -0.3 is 14.9 Å². The molecule has 1 aliphatic heterocycles. The first kappa shape index (κ1) is 25.1. The summed E-state index contributed by atoms with van der Waals surface area (Å²) >= 11 is 0. The third kappa shape index (κ3) is 6.38. The summed E-state index contributed by atoms with van der Waals surface area (Å²) in [5.74, 6) is 1.66. The predicted octanol–water partition coefficient (Wildman–Crippen LogP) is 4.19. The number of likely N-dealkylation sites (tertiary alicyclic amines) is 1. The smallest absolute Gasteiger partial charge is 0.423 e. The van der Waals surface area contributed by atoms with Gasteiger partial charge in [0, 0.05) is 29.5 Å². The maximum absolute atomic E-state index is 8.66. The van der Waals surface area contributed by atoms with E-state index in [1.165, 1.54) is 73.3 Å². The third-order valence-corrected chi connectivity index (χ3v) is 7.29. The standard InChI is InChI=1S/C22H28N2.C7H6BNO2/c1-15-6-11-21(17(3)23-15)18-7-9-19(10-8-18)22-13-20(22)14-24-12-4-5-16(24)2;9-5-6-1-3-7(4-2-6)8(10)11/h6-11,16,20,22H,4-5,12-14H2,1-3H3;1-4,10-11H/t16-,20-,22-;/m1./s1. The molecule has 1 aromatic heterocycles. The Kier molecular flexibility index (Phi) is 8.02. The molecule has 180 valence electrons. The molecule has 0 bridgehead atoms. The molecule has 1 saturated heterocycles. The largest absolute Gasteiger partial charge is 0.488 e. The highest BCUT2D eigenvalue weighted by atomic mass is 16.4. The molecule has 2 N–H and O–H groups in total. The molecule has 5 rings (SSSR count). The maximum Gasteiger partial charge on any atom is 0.488 e. The number of benzene rings is 2. The Hall–Kier alpha value is -2.98. The number of aromatic nitrogens is 1. The van der Waals surface area contributed by atoms with Crippen LogP contribution in [0.3, 0.4) is 0 Å². The van der Waals surface area contributed by atoms with Crippen LogP contribution in [-0.2, 0) is 0 Å². The van der Waals surface area contributed by atoms with Crippen LogP contribution >= 0.6 is 0 Å². The summed E-state index contributed by atoms with van der Waals surface area (Å²) in [6.45, 7) is 9.15. The number of hydrogen-bond acceptors (Lipinski definition) is 5. The van der Waals surface area contributed by atoms with Crippen LogP contribution in [0.25, 0.3) is 11.1 Å². The highest BCUT2D eigenvalue weighted by molar-refractivity contribution is 6.58. The Bertz CT molecular complexity index is 1170. The van der Waals surface area contributed by atoms with E-state index < -0.39 is 7.12 Å². The first-order valence-corrected chi connectivity index (χ1v) is 12.5. The van der Waals surface area contributed by atoms with Gasteiger partial charge in [0.2, 0.25) is 0 Å². The van der Waals surface area contributed by atoms with Gasteiger partial charge in [-0.25, -0.2) is 0 Å². The SMILES string of the molecule is Cc1ccc(-c2ccc([C@H]3C[C@@H]3CN3CCC[C@H]3C)cc2)c(C)n1.N#Cc1ccc(B(O)O)cc1. The number of aryl methyl sites for hydroxylation is 2. The zero-order valence-electron chi connectivity index (χ0n) is 20.9. The molecule has 0 spiro atoms. The van der Waals surface area contributed by atoms with Crippen molar-refractivity contribution in [2.45, 2.75) is 52.0 Å². The van der Waals surface area contributed by atoms with Crippen molar-refractivity contribution >= 4 is 12.6 Å². The van der Waals surface area contributed by atoms with Crippen molar-refractivity contribution in [3.05, 3.63) is 83.2 Å². The third-order valence-electron chi connectivity index (χ3n) is 7.29. The second-order valence-corrected chi connectivity index (χ2v) is 9.90. The molecule has 2 heterocycles. The molecular formula is C29H34BN3O2. The van der Waals surface area contributed by atoms with E-state index >= 15 is 0 Å². The monoisotopic (exact) mass is 467 g/mol. The Morgan fingerprint density at radius 2 is 1.74 bits per heavy atom. The molecule has 3 aromatic rings. The van der Waals surface area contributed by atoms with Crippen LogP contribution in [0.1, 0.15) is 54.6 Å². The Morgan fingerprint density at radius 3 is 2.31 bits per heavy atom. The van der Waals surface area contributed by atoms with Gasteiger partial charge in [-0.2, -0.15) is 5.26 Å². The quantitative estimate of drug-likeness (QED) is 0.550. The van der Waals surface area contributed by atoms with E-state index in [9.17, 15) is 0 Å². The van der Waals surface area contributed by atoms with E-state index in [0.717, 1.165) is 29.3 Å². The zero-order valence-corrected chi connectivity index (χ0v) is 20.9. The van der Waals surface area contributed by atoms with Crippen molar-refractivity contribution in [1.82, 2.24) is 9.88 Å². The molecule has 0 unspecified atom stereocenters. The molecule has 1 saturated carbocycles. The number of rotatable bonds is 5. The summed E-state index contributed by atoms with van der Waals surface area (Å²) in [4.78, 5) is 7.29. The number of hydrogen-bond donors (Lipinski definition) is 2. The first-order chi connectivity index (χ1) is 16.9. The van der Waals surface area contributed by atoms with Crippen LogP contribution in [0.5, 0.6) is 0 Å². The van der Waals surface area contributed by atoms with Gasteiger partial charge in [-0.05, 0) is 93.2 Å². The van der Waals surface area contributed by atoms with Crippen LogP contribution in [0, 0.1) is 31.1 Å². The fourth-order valence-corrected chi connectivity index (χ4v) is 5.05. The van der Waals surface area contributed by atoms with Crippen LogP contribution in [-0.4, -0.2) is 46.2 Å². The van der Waals surface area contributed by atoms with Crippen molar-refractivity contribution < 1.29 is 10.0 Å². The topological polar surface area (TPSA) is 80.4 Å². The Morgan fingerprint density at radius 1 is 1.03 bits per heavy atom. The summed E-state index contributed by atoms with van der Waals surface area (Å²) in [6.07, 6.45) is 4.14. The summed E-state index contributed by atoms with van der Waals surface area (Å²) in [6, 6.07) is 22.3. The lowest BCUT2D eigenvalue weighted by Crippen LogP contribution is -2.29. The van der Waals surface area contributed by atoms with Crippen molar-refractivity contribution in [2.75, 3.05) is 13.1 Å². The molecule has 35 heavy (non-hydrogen) atoms. The van der Waals surface area contributed by atoms with E-state index in [0.29, 0.717) is 11.0 Å². The average molecular weight is 467 g/mol. The van der Waals surface area contributed by atoms with Gasteiger partial charge in [0.1, 0.15) is 0 Å². The minimum atomic E-state index is -1.46. The lowest BCUT2D eigenvalue weighted by molar-refractivity contribution is 0.256. The maximum atomic E-state index is 8.66. The number of nitrogens with zero attached hydrogens (tertiary/aromatic N) is 3. The van der Waals surface area contributed by atoms with Gasteiger partial charge in [-0.15, -0.1) is 0 Å². The second kappa shape index (κ2) is 11.2. The van der Waals surface area contributed by atoms with Crippen LogP contribution in [0.15, 0.2) is 60.7 Å². The lowest BCUT2D eigenvalue weighted by atomic mass is 9.80. The van der Waals surface area contributed by atoms with E-state index in [2.05, 4.69) is 60.1 Å². The van der Waals surface area contributed by atoms with Crippen molar-refractivity contribution in [2.24, 2.45) is 5.92 Å². The van der Waals surface area contributed by atoms with Gasteiger partial charge in [0.15, 0.2) is 0 Å². The van der Waals surface area contributed by atoms with Gasteiger partial charge in [0.25, 0.3) is 0 Å². The van der Waals surface area contributed by atoms with Gasteiger partial charge in [-0.3, -0.25) is 4.98 Å². The molecule has 1 aliphatic carbocycles. The highest BCUT2D eigenvalue weighted by Gasteiger charge is 2.40. The molecule has 5 nitrogen and oxygen atoms in total. The summed E-state index contributed by atoms with van der Waals surface area (Å²) in [5.41, 5.74) is 7.17. The average Bonchev–Trinajstić information content (AvgIpc) is 3.51. The van der Waals surface area contributed by atoms with E-state index in [-0.39, 0.29) is 0 Å². The van der Waals surface area contributed by atoms with Gasteiger partial charge >= 0.3 is 7.12 Å². The van der Waals surface area contributed by atoms with E-state index in [1.807, 2.05) is 13.0 Å². The number of nitriles is 1. The minimum absolute atomic E-state index is 0.393. The fourth-order valence-electron chi connectivity index (χ4n) is 5.05. The van der Waals surface area contributed by atoms with Crippen molar-refractivity contribution in [3.63, 3.8) is 0 Å². The van der Waals surface area contributed by atoms with Crippen LogP contribution < -0.4 is 5.46 Å². The summed E-state index contributed by atoms with van der Waals surface area (Å²) in [5, 5.41) is 25.7. The molecule has 3 atom stereocenters. The lowest BCUT2D eigenvalue weighted by Gasteiger charge is -2.20. The van der Waals surface area contributed by atoms with Crippen LogP contribution in [0.2, 0.25) is 0 Å². The second-order valence-electron chi connectivity index (χ2n) is 9.90. The van der Waals surface area contributed by atoms with E-state index in [1.54, 1.807) is 0 Å².